The minimum Gasteiger partial charge on any atom is -0.313 e. The van der Waals surface area contributed by atoms with Gasteiger partial charge in [-0.15, -0.1) is 0 Å². The first-order valence-corrected chi connectivity index (χ1v) is 7.22. The Morgan fingerprint density at radius 3 is 2.37 bits per heavy atom. The third kappa shape index (κ3) is 4.95. The van der Waals surface area contributed by atoms with E-state index in [0.717, 1.165) is 19.4 Å². The fourth-order valence-corrected chi connectivity index (χ4v) is 3.27. The molecule has 1 N–H and O–H groups in total. The van der Waals surface area contributed by atoms with Crippen molar-refractivity contribution in [1.82, 2.24) is 10.2 Å². The van der Waals surface area contributed by atoms with Crippen LogP contribution in [0.1, 0.15) is 40.5 Å². The van der Waals surface area contributed by atoms with Crippen molar-refractivity contribution in [3.8, 4) is 0 Å². The van der Waals surface area contributed by atoms with Crippen LogP contribution in [0, 0.1) is 11.3 Å². The van der Waals surface area contributed by atoms with Crippen LogP contribution in [-0.4, -0.2) is 43.3 Å². The largest absolute Gasteiger partial charge is 0.401 e. The Morgan fingerprint density at radius 1 is 1.26 bits per heavy atom. The monoisotopic (exact) mass is 280 g/mol. The zero-order valence-electron chi connectivity index (χ0n) is 12.5. The van der Waals surface area contributed by atoms with Crippen molar-refractivity contribution >= 4 is 0 Å². The van der Waals surface area contributed by atoms with Gasteiger partial charge in [-0.25, -0.2) is 0 Å². The molecule has 0 bridgehead atoms. The second-order valence-corrected chi connectivity index (χ2v) is 6.27. The minimum atomic E-state index is -4.10. The Bertz CT molecular complexity index is 276. The highest BCUT2D eigenvalue weighted by Gasteiger charge is 2.42. The summed E-state index contributed by atoms with van der Waals surface area (Å²) in [6.45, 7) is 9.34. The number of nitrogens with one attached hydrogen (secondary N) is 1. The average molecular weight is 280 g/mol. The maximum Gasteiger partial charge on any atom is 0.401 e. The van der Waals surface area contributed by atoms with E-state index in [2.05, 4.69) is 26.1 Å². The number of alkyl halides is 3. The van der Waals surface area contributed by atoms with E-state index >= 15 is 0 Å². The topological polar surface area (TPSA) is 15.3 Å². The average Bonchev–Trinajstić information content (AvgIpc) is 2.54. The van der Waals surface area contributed by atoms with Gasteiger partial charge in [-0.2, -0.15) is 13.2 Å². The molecule has 5 heteroatoms. The highest BCUT2D eigenvalue weighted by atomic mass is 19.4. The van der Waals surface area contributed by atoms with Crippen LogP contribution in [0.25, 0.3) is 0 Å². The molecule has 0 aliphatic heterocycles. The third-order valence-corrected chi connectivity index (χ3v) is 4.24. The van der Waals surface area contributed by atoms with E-state index in [9.17, 15) is 13.2 Å². The fraction of sp³-hybridized carbons (Fsp3) is 1.00. The smallest absolute Gasteiger partial charge is 0.313 e. The first kappa shape index (κ1) is 16.8. The van der Waals surface area contributed by atoms with Crippen molar-refractivity contribution in [1.29, 1.82) is 0 Å². The number of hydrogen-bond acceptors (Lipinski definition) is 2. The predicted octanol–water partition coefficient (Wildman–Crippen LogP) is 3.28. The molecule has 114 valence electrons. The lowest BCUT2D eigenvalue weighted by Gasteiger charge is -2.34. The number of hydrogen-bond donors (Lipinski definition) is 1. The summed E-state index contributed by atoms with van der Waals surface area (Å²) >= 11 is 0. The van der Waals surface area contributed by atoms with Crippen LogP contribution in [0.15, 0.2) is 0 Å². The van der Waals surface area contributed by atoms with Gasteiger partial charge in [-0.3, -0.25) is 4.90 Å². The Labute approximate surface area is 114 Å². The van der Waals surface area contributed by atoms with Crippen LogP contribution in [0.5, 0.6) is 0 Å². The lowest BCUT2D eigenvalue weighted by molar-refractivity contribution is -0.146. The molecule has 19 heavy (non-hydrogen) atoms. The zero-order chi connectivity index (χ0) is 14.7. The fourth-order valence-electron chi connectivity index (χ4n) is 3.27. The Balaban J connectivity index is 2.63. The molecule has 2 unspecified atom stereocenters. The quantitative estimate of drug-likeness (QED) is 0.803. The Morgan fingerprint density at radius 2 is 1.89 bits per heavy atom. The van der Waals surface area contributed by atoms with Crippen LogP contribution >= 0.6 is 0 Å². The second-order valence-electron chi connectivity index (χ2n) is 6.27. The van der Waals surface area contributed by atoms with Crippen molar-refractivity contribution in [3.63, 3.8) is 0 Å². The second kappa shape index (κ2) is 6.44. The Hall–Kier alpha value is -0.290. The van der Waals surface area contributed by atoms with Gasteiger partial charge in [0.1, 0.15) is 0 Å². The molecular formula is C14H27F3N2. The van der Waals surface area contributed by atoms with Gasteiger partial charge >= 0.3 is 6.18 Å². The van der Waals surface area contributed by atoms with E-state index < -0.39 is 12.7 Å². The van der Waals surface area contributed by atoms with Gasteiger partial charge in [-0.1, -0.05) is 27.7 Å². The summed E-state index contributed by atoms with van der Waals surface area (Å²) in [5.41, 5.74) is 0.179. The van der Waals surface area contributed by atoms with Crippen molar-refractivity contribution < 1.29 is 13.2 Å². The van der Waals surface area contributed by atoms with Crippen LogP contribution in [0.2, 0.25) is 0 Å². The van der Waals surface area contributed by atoms with Gasteiger partial charge in [0.15, 0.2) is 0 Å². The molecule has 0 aromatic carbocycles. The molecule has 2 atom stereocenters. The molecular weight excluding hydrogens is 253 g/mol. The first-order valence-electron chi connectivity index (χ1n) is 7.22. The molecule has 0 saturated heterocycles. The third-order valence-electron chi connectivity index (χ3n) is 4.24. The number of nitrogens with zero attached hydrogens (tertiary/aromatic N) is 1. The molecule has 0 spiro atoms. The van der Waals surface area contributed by atoms with E-state index in [-0.39, 0.29) is 5.41 Å². The predicted molar refractivity (Wildman–Crippen MR) is 72.1 cm³/mol. The highest BCUT2D eigenvalue weighted by molar-refractivity contribution is 4.97. The first-order chi connectivity index (χ1) is 8.69. The molecule has 2 nitrogen and oxygen atoms in total. The van der Waals surface area contributed by atoms with Crippen LogP contribution < -0.4 is 5.32 Å². The lowest BCUT2D eigenvalue weighted by atomic mass is 9.84. The van der Waals surface area contributed by atoms with Crippen molar-refractivity contribution in [2.75, 3.05) is 26.2 Å². The van der Waals surface area contributed by atoms with Gasteiger partial charge < -0.3 is 5.32 Å². The normalized spacial score (nSPS) is 27.2. The van der Waals surface area contributed by atoms with Crippen LogP contribution in [-0.2, 0) is 0 Å². The van der Waals surface area contributed by atoms with E-state index in [1.807, 2.05) is 0 Å². The summed E-state index contributed by atoms with van der Waals surface area (Å²) in [5, 5.41) is 3.47. The molecule has 0 heterocycles. The molecule has 0 amide bonds. The summed E-state index contributed by atoms with van der Waals surface area (Å²) in [5.74, 6) is 0.317. The van der Waals surface area contributed by atoms with Gasteiger partial charge in [-0.05, 0) is 37.3 Å². The van der Waals surface area contributed by atoms with Crippen LogP contribution in [0.4, 0.5) is 13.2 Å². The molecule has 0 radical (unpaired) electrons. The zero-order valence-corrected chi connectivity index (χ0v) is 12.5. The molecule has 1 saturated carbocycles. The maximum absolute atomic E-state index is 12.5. The maximum atomic E-state index is 12.5. The van der Waals surface area contributed by atoms with Crippen molar-refractivity contribution in [2.24, 2.45) is 11.3 Å². The van der Waals surface area contributed by atoms with Crippen molar-refractivity contribution in [3.05, 3.63) is 0 Å². The minimum absolute atomic E-state index is 0.179. The molecule has 0 aromatic rings. The highest BCUT2D eigenvalue weighted by Crippen LogP contribution is 2.41. The van der Waals surface area contributed by atoms with Gasteiger partial charge in [0, 0.05) is 12.6 Å². The van der Waals surface area contributed by atoms with Gasteiger partial charge in [0.2, 0.25) is 0 Å². The van der Waals surface area contributed by atoms with E-state index in [0.29, 0.717) is 25.0 Å². The number of halogens is 3. The van der Waals surface area contributed by atoms with E-state index in [1.54, 1.807) is 6.92 Å². The molecule has 1 rings (SSSR count). The summed E-state index contributed by atoms with van der Waals surface area (Å²) < 4.78 is 37.5. The molecule has 1 aliphatic carbocycles. The van der Waals surface area contributed by atoms with E-state index in [1.165, 1.54) is 4.90 Å². The molecule has 0 aromatic heterocycles. The van der Waals surface area contributed by atoms with Crippen molar-refractivity contribution in [2.45, 2.75) is 52.8 Å². The summed E-state index contributed by atoms with van der Waals surface area (Å²) in [6.07, 6.45) is -2.00. The van der Waals surface area contributed by atoms with Crippen LogP contribution in [0.3, 0.4) is 0 Å². The van der Waals surface area contributed by atoms with Gasteiger partial charge in [0.25, 0.3) is 0 Å². The molecule has 1 aliphatic rings. The standard InChI is InChI=1S/C14H27F3N2/c1-5-18-12-11(7-8-13(12,3)4)9-19(6-2)10-14(15,16)17/h11-12,18H,5-10H2,1-4H3. The summed E-state index contributed by atoms with van der Waals surface area (Å²) in [6, 6.07) is 0.319. The lowest BCUT2D eigenvalue weighted by Crippen LogP contribution is -2.47. The SMILES string of the molecule is CCNC1C(CN(CC)CC(F)(F)F)CCC1(C)C. The Kier molecular flexibility index (Phi) is 5.68. The summed E-state index contributed by atoms with van der Waals surface area (Å²) in [4.78, 5) is 1.52. The summed E-state index contributed by atoms with van der Waals surface area (Å²) in [7, 11) is 0. The number of rotatable bonds is 6. The van der Waals surface area contributed by atoms with E-state index in [4.69, 9.17) is 0 Å². The molecule has 1 fully saturated rings. The van der Waals surface area contributed by atoms with Gasteiger partial charge in [0.05, 0.1) is 6.54 Å².